The minimum absolute atomic E-state index is 0.0546. The van der Waals surface area contributed by atoms with Gasteiger partial charge in [0.05, 0.1) is 17.1 Å². The van der Waals surface area contributed by atoms with Crippen molar-refractivity contribution in [3.63, 3.8) is 0 Å². The van der Waals surface area contributed by atoms with Crippen LogP contribution in [0.1, 0.15) is 5.82 Å². The van der Waals surface area contributed by atoms with Crippen LogP contribution in [0.5, 0.6) is 0 Å². The number of aromatic nitrogens is 4. The van der Waals surface area contributed by atoms with Crippen molar-refractivity contribution in [2.45, 2.75) is 11.4 Å². The van der Waals surface area contributed by atoms with Crippen molar-refractivity contribution in [1.82, 2.24) is 29.4 Å². The molecule has 2 aromatic carbocycles. The molecule has 11 heteroatoms. The Hall–Kier alpha value is -2.76. The van der Waals surface area contributed by atoms with E-state index >= 15 is 0 Å². The summed E-state index contributed by atoms with van der Waals surface area (Å²) in [5, 5.41) is 11.6. The van der Waals surface area contributed by atoms with Gasteiger partial charge in [-0.2, -0.15) is 8.99 Å². The highest BCUT2D eigenvalue weighted by Gasteiger charge is 2.29. The van der Waals surface area contributed by atoms with E-state index in [1.54, 1.807) is 12.1 Å². The average Bonchev–Trinajstić information content (AvgIpc) is 3.16. The normalized spacial score (nSPS) is 16.2. The van der Waals surface area contributed by atoms with E-state index in [1.165, 1.54) is 39.3 Å². The summed E-state index contributed by atoms with van der Waals surface area (Å²) in [5.41, 5.74) is 0.511. The van der Waals surface area contributed by atoms with E-state index in [2.05, 4.69) is 15.5 Å². The number of benzene rings is 2. The number of hydrogen-bond donors (Lipinski definition) is 0. The van der Waals surface area contributed by atoms with Crippen molar-refractivity contribution in [3.05, 3.63) is 66.0 Å². The number of tetrazole rings is 1. The maximum atomic E-state index is 13.5. The number of piperazine rings is 1. The van der Waals surface area contributed by atoms with E-state index in [0.29, 0.717) is 31.1 Å². The third-order valence-electron chi connectivity index (χ3n) is 4.72. The second kappa shape index (κ2) is 7.93. The Bertz CT molecular complexity index is 1110. The number of hydrogen-bond acceptors (Lipinski definition) is 6. The zero-order valence-electron chi connectivity index (χ0n) is 15.3. The number of nitrogens with zero attached hydrogens (tertiary/aromatic N) is 6. The largest absolute Gasteiger partial charge is 0.293 e. The lowest BCUT2D eigenvalue weighted by Gasteiger charge is -2.33. The standard InChI is InChI=1S/C18H18F2N6O2S/c19-14-3-1-5-16(11-14)26-18(21-22-23-26)13-24-7-9-25(10-8-24)29(27,28)17-6-2-4-15(20)12-17/h1-6,11-12H,7-10,13H2. The monoisotopic (exact) mass is 420 g/mol. The average molecular weight is 420 g/mol. The van der Waals surface area contributed by atoms with Crippen LogP contribution in [0.4, 0.5) is 8.78 Å². The molecule has 8 nitrogen and oxygen atoms in total. The summed E-state index contributed by atoms with van der Waals surface area (Å²) in [6, 6.07) is 10.9. The summed E-state index contributed by atoms with van der Waals surface area (Å²) < 4.78 is 55.1. The van der Waals surface area contributed by atoms with Gasteiger partial charge < -0.3 is 0 Å². The van der Waals surface area contributed by atoms with Gasteiger partial charge in [-0.15, -0.1) is 5.10 Å². The maximum Gasteiger partial charge on any atom is 0.243 e. The molecule has 2 heterocycles. The molecule has 1 fully saturated rings. The molecule has 0 bridgehead atoms. The van der Waals surface area contributed by atoms with Gasteiger partial charge in [0.1, 0.15) is 11.6 Å². The molecule has 0 spiro atoms. The number of halogens is 2. The first-order valence-electron chi connectivity index (χ1n) is 8.95. The highest BCUT2D eigenvalue weighted by molar-refractivity contribution is 7.89. The van der Waals surface area contributed by atoms with Crippen LogP contribution < -0.4 is 0 Å². The van der Waals surface area contributed by atoms with Gasteiger partial charge in [-0.25, -0.2) is 17.2 Å². The summed E-state index contributed by atoms with van der Waals surface area (Å²) in [7, 11) is -3.75. The van der Waals surface area contributed by atoms with Crippen molar-refractivity contribution < 1.29 is 17.2 Å². The van der Waals surface area contributed by atoms with Crippen LogP contribution in [-0.4, -0.2) is 64.0 Å². The minimum atomic E-state index is -3.75. The SMILES string of the molecule is O=S(=O)(c1cccc(F)c1)N1CCN(Cc2nnnn2-c2cccc(F)c2)CC1. The van der Waals surface area contributed by atoms with Gasteiger partial charge in [-0.05, 0) is 46.8 Å². The minimum Gasteiger partial charge on any atom is -0.293 e. The molecule has 152 valence electrons. The molecule has 1 aliphatic heterocycles. The van der Waals surface area contributed by atoms with E-state index < -0.39 is 15.8 Å². The molecule has 3 aromatic rings. The lowest BCUT2D eigenvalue weighted by atomic mass is 10.3. The Morgan fingerprint density at radius 3 is 2.31 bits per heavy atom. The third-order valence-corrected chi connectivity index (χ3v) is 6.61. The Morgan fingerprint density at radius 1 is 0.931 bits per heavy atom. The van der Waals surface area contributed by atoms with Crippen molar-refractivity contribution in [1.29, 1.82) is 0 Å². The third kappa shape index (κ3) is 4.16. The molecule has 1 aliphatic rings. The Labute approximate surface area is 166 Å². The van der Waals surface area contributed by atoms with E-state index in [0.717, 1.165) is 6.07 Å². The van der Waals surface area contributed by atoms with Crippen LogP contribution in [0.15, 0.2) is 53.4 Å². The van der Waals surface area contributed by atoms with Crippen molar-refractivity contribution >= 4 is 10.0 Å². The van der Waals surface area contributed by atoms with Gasteiger partial charge in [0.2, 0.25) is 10.0 Å². The van der Waals surface area contributed by atoms with Gasteiger partial charge in [0.15, 0.2) is 5.82 Å². The predicted octanol–water partition coefficient (Wildman–Crippen LogP) is 1.45. The summed E-state index contributed by atoms with van der Waals surface area (Å²) in [6.07, 6.45) is 0. The van der Waals surface area contributed by atoms with Gasteiger partial charge in [-0.1, -0.05) is 12.1 Å². The van der Waals surface area contributed by atoms with Gasteiger partial charge >= 0.3 is 0 Å². The zero-order chi connectivity index (χ0) is 20.4. The van der Waals surface area contributed by atoms with Crippen LogP contribution in [0.25, 0.3) is 5.69 Å². The summed E-state index contributed by atoms with van der Waals surface area (Å²) in [6.45, 7) is 1.84. The lowest BCUT2D eigenvalue weighted by molar-refractivity contribution is 0.177. The molecule has 0 unspecified atom stereocenters. The molecule has 0 amide bonds. The zero-order valence-corrected chi connectivity index (χ0v) is 16.1. The molecule has 0 N–H and O–H groups in total. The van der Waals surface area contributed by atoms with Crippen LogP contribution in [-0.2, 0) is 16.6 Å². The predicted molar refractivity (Wildman–Crippen MR) is 99.5 cm³/mol. The lowest BCUT2D eigenvalue weighted by Crippen LogP contribution is -2.48. The maximum absolute atomic E-state index is 13.5. The second-order valence-electron chi connectivity index (χ2n) is 6.62. The first-order chi connectivity index (χ1) is 13.9. The molecular formula is C18H18F2N6O2S. The molecule has 4 rings (SSSR count). The first-order valence-corrected chi connectivity index (χ1v) is 10.4. The van der Waals surface area contributed by atoms with Crippen molar-refractivity contribution in [3.8, 4) is 5.69 Å². The fourth-order valence-corrected chi connectivity index (χ4v) is 4.67. The summed E-state index contributed by atoms with van der Waals surface area (Å²) in [4.78, 5) is 1.96. The number of sulfonamides is 1. The first kappa shape index (κ1) is 19.6. The Morgan fingerprint density at radius 2 is 1.62 bits per heavy atom. The van der Waals surface area contributed by atoms with Gasteiger partial charge in [0, 0.05) is 26.2 Å². The Kier molecular flexibility index (Phi) is 5.35. The molecule has 0 radical (unpaired) electrons. The van der Waals surface area contributed by atoms with Crippen LogP contribution in [0, 0.1) is 11.6 Å². The smallest absolute Gasteiger partial charge is 0.243 e. The summed E-state index contributed by atoms with van der Waals surface area (Å²) >= 11 is 0. The van der Waals surface area contributed by atoms with Crippen molar-refractivity contribution in [2.75, 3.05) is 26.2 Å². The molecule has 0 atom stereocenters. The topological polar surface area (TPSA) is 84.2 Å². The highest BCUT2D eigenvalue weighted by Crippen LogP contribution is 2.19. The fourth-order valence-electron chi connectivity index (χ4n) is 3.22. The highest BCUT2D eigenvalue weighted by atomic mass is 32.2. The number of rotatable bonds is 5. The fraction of sp³-hybridized carbons (Fsp3) is 0.278. The molecule has 1 saturated heterocycles. The quantitative estimate of drug-likeness (QED) is 0.621. The van der Waals surface area contributed by atoms with Crippen molar-refractivity contribution in [2.24, 2.45) is 0 Å². The molecular weight excluding hydrogens is 402 g/mol. The second-order valence-corrected chi connectivity index (χ2v) is 8.56. The molecule has 0 saturated carbocycles. The van der Waals surface area contributed by atoms with Gasteiger partial charge in [0.25, 0.3) is 0 Å². The van der Waals surface area contributed by atoms with Gasteiger partial charge in [-0.3, -0.25) is 4.90 Å². The van der Waals surface area contributed by atoms with E-state index in [1.807, 2.05) is 4.90 Å². The van der Waals surface area contributed by atoms with Crippen LogP contribution in [0.3, 0.4) is 0 Å². The Balaban J connectivity index is 1.43. The molecule has 29 heavy (non-hydrogen) atoms. The van der Waals surface area contributed by atoms with E-state index in [-0.39, 0.29) is 23.8 Å². The van der Waals surface area contributed by atoms with Crippen LogP contribution >= 0.6 is 0 Å². The molecule has 1 aromatic heterocycles. The molecule has 0 aliphatic carbocycles. The van der Waals surface area contributed by atoms with E-state index in [9.17, 15) is 17.2 Å². The summed E-state index contributed by atoms with van der Waals surface area (Å²) in [5.74, 6) is -0.453. The van der Waals surface area contributed by atoms with Crippen LogP contribution in [0.2, 0.25) is 0 Å². The van der Waals surface area contributed by atoms with E-state index in [4.69, 9.17) is 0 Å².